The summed E-state index contributed by atoms with van der Waals surface area (Å²) in [7, 11) is 1.47. The van der Waals surface area contributed by atoms with Gasteiger partial charge in [-0.1, -0.05) is 24.8 Å². The number of hydrogen-bond donors (Lipinski definition) is 2. The molecule has 0 bridgehead atoms. The van der Waals surface area contributed by atoms with E-state index in [0.717, 1.165) is 5.56 Å². The first-order chi connectivity index (χ1) is 10.7. The molecule has 0 radical (unpaired) electrons. The molecule has 5 nitrogen and oxygen atoms in total. The van der Waals surface area contributed by atoms with Crippen molar-refractivity contribution in [2.45, 2.75) is 0 Å². The normalized spacial score (nSPS) is 9.45. The predicted molar refractivity (Wildman–Crippen MR) is 86.9 cm³/mol. The van der Waals surface area contributed by atoms with Gasteiger partial charge in [-0.25, -0.2) is 4.79 Å². The zero-order valence-corrected chi connectivity index (χ0v) is 12.1. The highest BCUT2D eigenvalue weighted by Crippen LogP contribution is 2.22. The molecule has 0 saturated carbocycles. The van der Waals surface area contributed by atoms with Gasteiger partial charge in [0, 0.05) is 17.4 Å². The maximum atomic E-state index is 12.0. The molecule has 0 aliphatic rings. The predicted octanol–water partition coefficient (Wildman–Crippen LogP) is 3.85. The van der Waals surface area contributed by atoms with E-state index in [2.05, 4.69) is 17.2 Å². The third-order valence-corrected chi connectivity index (χ3v) is 2.96. The van der Waals surface area contributed by atoms with Crippen LogP contribution < -0.4 is 15.4 Å². The molecule has 0 heterocycles. The molecule has 0 unspecified atom stereocenters. The van der Waals surface area contributed by atoms with Crippen molar-refractivity contribution in [2.24, 2.45) is 0 Å². The Hall–Kier alpha value is -3.26. The summed E-state index contributed by atoms with van der Waals surface area (Å²) < 4.78 is 5.10. The Kier molecular flexibility index (Phi) is 4.78. The van der Waals surface area contributed by atoms with Crippen molar-refractivity contribution in [1.29, 1.82) is 5.26 Å². The third-order valence-electron chi connectivity index (χ3n) is 2.96. The number of nitriles is 1. The van der Waals surface area contributed by atoms with Gasteiger partial charge < -0.3 is 15.4 Å². The second-order valence-electron chi connectivity index (χ2n) is 4.44. The van der Waals surface area contributed by atoms with E-state index in [1.165, 1.54) is 7.11 Å². The summed E-state index contributed by atoms with van der Waals surface area (Å²) >= 11 is 0. The van der Waals surface area contributed by atoms with Crippen LogP contribution in [-0.2, 0) is 0 Å². The summed E-state index contributed by atoms with van der Waals surface area (Å²) in [5, 5.41) is 14.3. The van der Waals surface area contributed by atoms with Crippen molar-refractivity contribution in [3.05, 3.63) is 60.2 Å². The highest BCUT2D eigenvalue weighted by atomic mass is 16.5. The molecule has 2 amide bonds. The van der Waals surface area contributed by atoms with E-state index in [4.69, 9.17) is 10.00 Å². The van der Waals surface area contributed by atoms with E-state index in [-0.39, 0.29) is 6.03 Å². The van der Waals surface area contributed by atoms with Crippen LogP contribution >= 0.6 is 0 Å². The molecule has 0 aromatic heterocycles. The first kappa shape index (κ1) is 15.1. The number of methoxy groups -OCH3 is 1. The summed E-state index contributed by atoms with van der Waals surface area (Å²) in [4.78, 5) is 12.0. The first-order valence-corrected chi connectivity index (χ1v) is 6.55. The van der Waals surface area contributed by atoms with Crippen molar-refractivity contribution < 1.29 is 9.53 Å². The molecular weight excluding hydrogens is 278 g/mol. The van der Waals surface area contributed by atoms with Crippen LogP contribution in [0, 0.1) is 11.3 Å². The summed E-state index contributed by atoms with van der Waals surface area (Å²) in [6.45, 7) is 3.69. The number of ether oxygens (including phenoxy) is 1. The molecule has 5 heteroatoms. The van der Waals surface area contributed by atoms with Gasteiger partial charge in [0.2, 0.25) is 0 Å². The molecule has 0 aliphatic carbocycles. The lowest BCUT2D eigenvalue weighted by Gasteiger charge is -2.10. The van der Waals surface area contributed by atoms with E-state index in [0.29, 0.717) is 22.7 Å². The standard InChI is InChI=1S/C17H15N3O2/c1-3-12-5-4-6-14(9-12)19-17(21)20-15-8-7-13(11-18)16(10-15)22-2/h3-10H,1H2,2H3,(H2,19,20,21). The van der Waals surface area contributed by atoms with Gasteiger partial charge in [-0.05, 0) is 29.8 Å². The zero-order chi connectivity index (χ0) is 15.9. The second kappa shape index (κ2) is 6.95. The zero-order valence-electron chi connectivity index (χ0n) is 12.1. The molecule has 110 valence electrons. The summed E-state index contributed by atoms with van der Waals surface area (Å²) in [6, 6.07) is 13.8. The second-order valence-corrected chi connectivity index (χ2v) is 4.44. The summed E-state index contributed by atoms with van der Waals surface area (Å²) in [5.74, 6) is 0.411. The van der Waals surface area contributed by atoms with Gasteiger partial charge in [0.05, 0.1) is 12.7 Å². The molecule has 0 fully saturated rings. The van der Waals surface area contributed by atoms with Crippen molar-refractivity contribution in [1.82, 2.24) is 0 Å². The van der Waals surface area contributed by atoms with Gasteiger partial charge in [0.1, 0.15) is 11.8 Å². The minimum Gasteiger partial charge on any atom is -0.495 e. The number of anilines is 2. The number of carbonyl (C=O) groups is 1. The van der Waals surface area contributed by atoms with Crippen LogP contribution in [0.15, 0.2) is 49.0 Å². The minimum atomic E-state index is -0.382. The van der Waals surface area contributed by atoms with E-state index >= 15 is 0 Å². The monoisotopic (exact) mass is 293 g/mol. The molecule has 2 aromatic rings. The Morgan fingerprint density at radius 2 is 1.95 bits per heavy atom. The molecule has 0 saturated heterocycles. The Labute approximate surface area is 128 Å². The number of amides is 2. The summed E-state index contributed by atoms with van der Waals surface area (Å²) in [6.07, 6.45) is 1.70. The number of benzene rings is 2. The average Bonchev–Trinajstić information content (AvgIpc) is 2.54. The van der Waals surface area contributed by atoms with E-state index in [1.807, 2.05) is 24.3 Å². The number of hydrogen-bond acceptors (Lipinski definition) is 3. The van der Waals surface area contributed by atoms with E-state index in [9.17, 15) is 4.79 Å². The van der Waals surface area contributed by atoms with Gasteiger partial charge in [-0.3, -0.25) is 0 Å². The number of nitrogens with zero attached hydrogens (tertiary/aromatic N) is 1. The molecule has 0 aliphatic heterocycles. The smallest absolute Gasteiger partial charge is 0.323 e. The van der Waals surface area contributed by atoms with Crippen LogP contribution in [0.2, 0.25) is 0 Å². The maximum Gasteiger partial charge on any atom is 0.323 e. The fraction of sp³-hybridized carbons (Fsp3) is 0.0588. The van der Waals surface area contributed by atoms with Gasteiger partial charge >= 0.3 is 6.03 Å². The van der Waals surface area contributed by atoms with Crippen molar-refractivity contribution in [2.75, 3.05) is 17.7 Å². The van der Waals surface area contributed by atoms with Crippen LogP contribution in [0.25, 0.3) is 6.08 Å². The molecule has 2 aromatic carbocycles. The quantitative estimate of drug-likeness (QED) is 0.899. The number of urea groups is 1. The van der Waals surface area contributed by atoms with E-state index < -0.39 is 0 Å². The van der Waals surface area contributed by atoms with Crippen LogP contribution in [0.1, 0.15) is 11.1 Å². The molecule has 2 N–H and O–H groups in total. The topological polar surface area (TPSA) is 74.2 Å². The average molecular weight is 293 g/mol. The fourth-order valence-corrected chi connectivity index (χ4v) is 1.90. The molecule has 22 heavy (non-hydrogen) atoms. The number of rotatable bonds is 4. The Balaban J connectivity index is 2.09. The molecule has 2 rings (SSSR count). The maximum absolute atomic E-state index is 12.0. The largest absolute Gasteiger partial charge is 0.495 e. The molecular formula is C17H15N3O2. The van der Waals surface area contributed by atoms with Crippen LogP contribution in [-0.4, -0.2) is 13.1 Å². The highest BCUT2D eigenvalue weighted by molar-refractivity contribution is 6.00. The fourth-order valence-electron chi connectivity index (χ4n) is 1.90. The Morgan fingerprint density at radius 3 is 2.59 bits per heavy atom. The minimum absolute atomic E-state index is 0.382. The van der Waals surface area contributed by atoms with Gasteiger partial charge in [-0.15, -0.1) is 0 Å². The van der Waals surface area contributed by atoms with Crippen molar-refractivity contribution in [3.8, 4) is 11.8 Å². The Morgan fingerprint density at radius 1 is 1.23 bits per heavy atom. The molecule has 0 atom stereocenters. The lowest BCUT2D eigenvalue weighted by molar-refractivity contribution is 0.262. The SMILES string of the molecule is C=Cc1cccc(NC(=O)Nc2ccc(C#N)c(OC)c2)c1. The van der Waals surface area contributed by atoms with Gasteiger partial charge in [0.25, 0.3) is 0 Å². The van der Waals surface area contributed by atoms with Crippen LogP contribution in [0.4, 0.5) is 16.2 Å². The highest BCUT2D eigenvalue weighted by Gasteiger charge is 2.07. The molecule has 0 spiro atoms. The third kappa shape index (κ3) is 3.64. The van der Waals surface area contributed by atoms with Crippen molar-refractivity contribution >= 4 is 23.5 Å². The lowest BCUT2D eigenvalue weighted by atomic mass is 10.2. The summed E-state index contributed by atoms with van der Waals surface area (Å²) in [5.41, 5.74) is 2.52. The number of carbonyl (C=O) groups excluding carboxylic acids is 1. The van der Waals surface area contributed by atoms with Gasteiger partial charge in [-0.2, -0.15) is 5.26 Å². The van der Waals surface area contributed by atoms with Gasteiger partial charge in [0.15, 0.2) is 0 Å². The first-order valence-electron chi connectivity index (χ1n) is 6.55. The Bertz CT molecular complexity index is 748. The van der Waals surface area contributed by atoms with Crippen LogP contribution in [0.5, 0.6) is 5.75 Å². The van der Waals surface area contributed by atoms with E-state index in [1.54, 1.807) is 30.3 Å². The van der Waals surface area contributed by atoms with Crippen molar-refractivity contribution in [3.63, 3.8) is 0 Å². The van der Waals surface area contributed by atoms with Crippen LogP contribution in [0.3, 0.4) is 0 Å². The lowest BCUT2D eigenvalue weighted by Crippen LogP contribution is -2.19. The number of nitrogens with one attached hydrogen (secondary N) is 2.